The van der Waals surface area contributed by atoms with Crippen LogP contribution in [0.25, 0.3) is 11.0 Å². The molecule has 0 spiro atoms. The maximum atomic E-state index is 11.5. The molecule has 0 saturated carbocycles. The first-order valence-electron chi connectivity index (χ1n) is 4.93. The molecule has 0 radical (unpaired) electrons. The average Bonchev–Trinajstić information content (AvgIpc) is 2.26. The van der Waals surface area contributed by atoms with Crippen molar-refractivity contribution in [3.63, 3.8) is 0 Å². The molecule has 2 rings (SSSR count). The van der Waals surface area contributed by atoms with Crippen LogP contribution in [0.1, 0.15) is 22.8 Å². The van der Waals surface area contributed by atoms with Crippen LogP contribution in [0.5, 0.6) is 0 Å². The predicted molar refractivity (Wildman–Crippen MR) is 58.8 cm³/mol. The van der Waals surface area contributed by atoms with Crippen molar-refractivity contribution in [1.29, 1.82) is 0 Å². The van der Waals surface area contributed by atoms with Crippen LogP contribution in [0.4, 0.5) is 0 Å². The lowest BCUT2D eigenvalue weighted by atomic mass is 10.0. The second kappa shape index (κ2) is 3.81. The highest BCUT2D eigenvalue weighted by molar-refractivity contribution is 5.95. The molecule has 0 aliphatic rings. The number of carboxylic acid groups (broad SMARTS) is 1. The predicted octanol–water partition coefficient (Wildman–Crippen LogP) is 2.05. The molecule has 1 heterocycles. The van der Waals surface area contributed by atoms with Crippen LogP contribution < -0.4 is 5.63 Å². The molecular weight excluding hydrogens is 208 g/mol. The lowest BCUT2D eigenvalue weighted by molar-refractivity contribution is 0.0691. The van der Waals surface area contributed by atoms with Gasteiger partial charge in [0.15, 0.2) is 0 Å². The van der Waals surface area contributed by atoms with Crippen molar-refractivity contribution in [2.75, 3.05) is 0 Å². The minimum Gasteiger partial charge on any atom is -0.477 e. The van der Waals surface area contributed by atoms with E-state index in [1.807, 2.05) is 6.92 Å². The van der Waals surface area contributed by atoms with Crippen molar-refractivity contribution in [2.24, 2.45) is 0 Å². The Hall–Kier alpha value is -2.10. The van der Waals surface area contributed by atoms with Crippen LogP contribution in [-0.2, 0) is 6.42 Å². The smallest absolute Gasteiger partial charge is 0.351 e. The summed E-state index contributed by atoms with van der Waals surface area (Å²) in [5, 5.41) is 9.66. The van der Waals surface area contributed by atoms with E-state index in [0.29, 0.717) is 23.0 Å². The monoisotopic (exact) mass is 218 g/mol. The molecule has 0 aliphatic heterocycles. The van der Waals surface area contributed by atoms with Crippen molar-refractivity contribution < 1.29 is 14.3 Å². The van der Waals surface area contributed by atoms with E-state index in [4.69, 9.17) is 9.52 Å². The highest BCUT2D eigenvalue weighted by atomic mass is 16.4. The molecule has 4 heteroatoms. The Morgan fingerprint density at radius 3 is 2.69 bits per heavy atom. The molecule has 4 nitrogen and oxygen atoms in total. The summed E-state index contributed by atoms with van der Waals surface area (Å²) in [5.41, 5.74) is -0.0991. The summed E-state index contributed by atoms with van der Waals surface area (Å²) in [6.45, 7) is 1.81. The molecule has 82 valence electrons. The highest BCUT2D eigenvalue weighted by Gasteiger charge is 2.18. The zero-order chi connectivity index (χ0) is 11.7. The zero-order valence-electron chi connectivity index (χ0n) is 8.69. The van der Waals surface area contributed by atoms with Crippen LogP contribution >= 0.6 is 0 Å². The number of para-hydroxylation sites is 1. The summed E-state index contributed by atoms with van der Waals surface area (Å²) in [5.74, 6) is -1.24. The molecule has 2 aromatic rings. The van der Waals surface area contributed by atoms with Gasteiger partial charge in [-0.2, -0.15) is 0 Å². The number of hydrogen-bond acceptors (Lipinski definition) is 3. The number of carbonyl (C=O) groups is 1. The normalized spacial score (nSPS) is 10.6. The van der Waals surface area contributed by atoms with Crippen molar-refractivity contribution in [2.45, 2.75) is 13.3 Å². The quantitative estimate of drug-likeness (QED) is 0.783. The van der Waals surface area contributed by atoms with E-state index in [-0.39, 0.29) is 5.56 Å². The van der Waals surface area contributed by atoms with E-state index in [0.717, 1.165) is 0 Å². The number of rotatable bonds is 2. The molecule has 0 saturated heterocycles. The molecule has 0 aliphatic carbocycles. The van der Waals surface area contributed by atoms with Gasteiger partial charge in [0, 0.05) is 5.39 Å². The first kappa shape index (κ1) is 10.4. The second-order valence-corrected chi connectivity index (χ2v) is 3.40. The molecule has 0 unspecified atom stereocenters. The van der Waals surface area contributed by atoms with Gasteiger partial charge in [-0.3, -0.25) is 0 Å². The van der Waals surface area contributed by atoms with E-state index < -0.39 is 11.6 Å². The van der Waals surface area contributed by atoms with Crippen LogP contribution in [-0.4, -0.2) is 11.1 Å². The summed E-state index contributed by atoms with van der Waals surface area (Å²) in [6, 6.07) is 6.93. The second-order valence-electron chi connectivity index (χ2n) is 3.40. The fraction of sp³-hybridized carbons (Fsp3) is 0.167. The number of carboxylic acids is 1. The van der Waals surface area contributed by atoms with Gasteiger partial charge >= 0.3 is 11.6 Å². The van der Waals surface area contributed by atoms with Crippen molar-refractivity contribution in [1.82, 2.24) is 0 Å². The van der Waals surface area contributed by atoms with Gasteiger partial charge in [-0.1, -0.05) is 25.1 Å². The third-order valence-electron chi connectivity index (χ3n) is 2.49. The molecule has 0 bridgehead atoms. The summed E-state index contributed by atoms with van der Waals surface area (Å²) < 4.78 is 4.96. The van der Waals surface area contributed by atoms with E-state index in [9.17, 15) is 9.59 Å². The van der Waals surface area contributed by atoms with Gasteiger partial charge in [0.2, 0.25) is 0 Å². The Morgan fingerprint density at radius 1 is 1.38 bits per heavy atom. The third-order valence-corrected chi connectivity index (χ3v) is 2.49. The van der Waals surface area contributed by atoms with Gasteiger partial charge in [-0.25, -0.2) is 9.59 Å². The Labute approximate surface area is 91.1 Å². The minimum atomic E-state index is -1.24. The van der Waals surface area contributed by atoms with E-state index >= 15 is 0 Å². The van der Waals surface area contributed by atoms with Crippen LogP contribution in [0, 0.1) is 0 Å². The lowest BCUT2D eigenvalue weighted by Gasteiger charge is -2.05. The first-order valence-corrected chi connectivity index (χ1v) is 4.93. The Bertz CT molecular complexity index is 610. The van der Waals surface area contributed by atoms with Gasteiger partial charge in [0.05, 0.1) is 0 Å². The van der Waals surface area contributed by atoms with Crippen molar-refractivity contribution in [3.8, 4) is 0 Å². The van der Waals surface area contributed by atoms with Gasteiger partial charge in [-0.05, 0) is 18.1 Å². The SMILES string of the molecule is CCc1c(C(=O)O)c(=O)oc2ccccc12. The highest BCUT2D eigenvalue weighted by Crippen LogP contribution is 2.20. The fourth-order valence-electron chi connectivity index (χ4n) is 1.80. The number of benzene rings is 1. The Balaban J connectivity index is 2.96. The lowest BCUT2D eigenvalue weighted by Crippen LogP contribution is -2.17. The molecular formula is C12H10O4. The van der Waals surface area contributed by atoms with E-state index in [1.165, 1.54) is 0 Å². The molecule has 0 fully saturated rings. The average molecular weight is 218 g/mol. The molecule has 0 amide bonds. The summed E-state index contributed by atoms with van der Waals surface area (Å²) >= 11 is 0. The van der Waals surface area contributed by atoms with Crippen LogP contribution in [0.15, 0.2) is 33.5 Å². The first-order chi connectivity index (χ1) is 7.65. The molecule has 0 atom stereocenters. The number of hydrogen-bond donors (Lipinski definition) is 1. The van der Waals surface area contributed by atoms with Gasteiger partial charge in [-0.15, -0.1) is 0 Å². The zero-order valence-corrected chi connectivity index (χ0v) is 8.69. The van der Waals surface area contributed by atoms with E-state index in [1.54, 1.807) is 24.3 Å². The Kier molecular flexibility index (Phi) is 2.48. The standard InChI is InChI=1S/C12H10O4/c1-2-7-8-5-3-4-6-9(8)16-12(15)10(7)11(13)14/h3-6H,2H2,1H3,(H,13,14). The molecule has 16 heavy (non-hydrogen) atoms. The van der Waals surface area contributed by atoms with Gasteiger partial charge < -0.3 is 9.52 Å². The number of fused-ring (bicyclic) bond motifs is 1. The topological polar surface area (TPSA) is 67.5 Å². The van der Waals surface area contributed by atoms with Crippen molar-refractivity contribution >= 4 is 16.9 Å². The molecule has 1 N–H and O–H groups in total. The Morgan fingerprint density at radius 2 is 2.06 bits per heavy atom. The number of aryl methyl sites for hydroxylation is 1. The van der Waals surface area contributed by atoms with Crippen LogP contribution in [0.2, 0.25) is 0 Å². The maximum Gasteiger partial charge on any atom is 0.351 e. The summed E-state index contributed by atoms with van der Waals surface area (Å²) in [6.07, 6.45) is 0.480. The summed E-state index contributed by atoms with van der Waals surface area (Å²) in [7, 11) is 0. The third kappa shape index (κ3) is 1.48. The largest absolute Gasteiger partial charge is 0.477 e. The summed E-state index contributed by atoms with van der Waals surface area (Å²) in [4.78, 5) is 22.5. The molecule has 1 aromatic carbocycles. The minimum absolute atomic E-state index is 0.263. The molecule has 1 aromatic heterocycles. The van der Waals surface area contributed by atoms with Crippen LogP contribution in [0.3, 0.4) is 0 Å². The maximum absolute atomic E-state index is 11.5. The van der Waals surface area contributed by atoms with Gasteiger partial charge in [0.1, 0.15) is 11.1 Å². The van der Waals surface area contributed by atoms with E-state index in [2.05, 4.69) is 0 Å². The van der Waals surface area contributed by atoms with Crippen molar-refractivity contribution in [3.05, 3.63) is 45.8 Å². The number of aromatic carboxylic acids is 1. The van der Waals surface area contributed by atoms with Gasteiger partial charge in [0.25, 0.3) is 0 Å². The fourth-order valence-corrected chi connectivity index (χ4v) is 1.80.